The Balaban J connectivity index is 2.48. The third kappa shape index (κ3) is 0.866. The number of aromatic nitrogens is 1. The zero-order valence-corrected chi connectivity index (χ0v) is 6.21. The van der Waals surface area contributed by atoms with E-state index in [9.17, 15) is 0 Å². The molecule has 2 aromatic rings. The Kier molecular flexibility index (Phi) is 1.32. The first kappa shape index (κ1) is 5.74. The van der Waals surface area contributed by atoms with Crippen LogP contribution in [0.2, 0.25) is 0 Å². The largest absolute Gasteiger partial charge is 0.323 e. The van der Waals surface area contributed by atoms with Crippen LogP contribution in [0.1, 0.15) is 0 Å². The van der Waals surface area contributed by atoms with E-state index in [-0.39, 0.29) is 0 Å². The lowest BCUT2D eigenvalue weighted by Gasteiger charge is -1.94. The Labute approximate surface area is 63.5 Å². The maximum atomic E-state index is 2.12. The number of rotatable bonds is 1. The van der Waals surface area contributed by atoms with Crippen LogP contribution in [0.4, 0.5) is 0 Å². The van der Waals surface area contributed by atoms with Gasteiger partial charge in [0.15, 0.2) is 0 Å². The third-order valence-electron chi connectivity index (χ3n) is 1.41. The molecule has 10 heavy (non-hydrogen) atoms. The van der Waals surface area contributed by atoms with Gasteiger partial charge in [0.1, 0.15) is 0 Å². The lowest BCUT2D eigenvalue weighted by molar-refractivity contribution is 1.09. The normalized spacial score (nSPS) is 10.0. The van der Waals surface area contributed by atoms with E-state index in [0.29, 0.717) is 0 Å². The van der Waals surface area contributed by atoms with E-state index < -0.39 is 0 Å². The van der Waals surface area contributed by atoms with Crippen molar-refractivity contribution in [3.05, 3.63) is 41.4 Å². The fourth-order valence-corrected chi connectivity index (χ4v) is 1.55. The van der Waals surface area contributed by atoms with Gasteiger partial charge >= 0.3 is 0 Å². The van der Waals surface area contributed by atoms with Gasteiger partial charge < -0.3 is 4.57 Å². The van der Waals surface area contributed by atoms with Gasteiger partial charge in [0, 0.05) is 17.8 Å². The van der Waals surface area contributed by atoms with Crippen molar-refractivity contribution in [3.63, 3.8) is 0 Å². The van der Waals surface area contributed by atoms with Gasteiger partial charge in [-0.25, -0.2) is 0 Å². The summed E-state index contributed by atoms with van der Waals surface area (Å²) in [7, 11) is 0. The predicted molar refractivity (Wildman–Crippen MR) is 43.6 cm³/mol. The summed E-state index contributed by atoms with van der Waals surface area (Å²) in [6.07, 6.45) is 4.09. The highest BCUT2D eigenvalue weighted by Crippen LogP contribution is 2.11. The van der Waals surface area contributed by atoms with Crippen molar-refractivity contribution in [1.29, 1.82) is 0 Å². The van der Waals surface area contributed by atoms with Crippen molar-refractivity contribution < 1.29 is 0 Å². The molecule has 0 radical (unpaired) electrons. The van der Waals surface area contributed by atoms with Crippen molar-refractivity contribution in [2.75, 3.05) is 0 Å². The summed E-state index contributed by atoms with van der Waals surface area (Å²) in [6, 6.07) is 6.15. The van der Waals surface area contributed by atoms with E-state index >= 15 is 0 Å². The lowest BCUT2D eigenvalue weighted by atomic mass is 10.5. The predicted octanol–water partition coefficient (Wildman–Crippen LogP) is 2.54. The van der Waals surface area contributed by atoms with Gasteiger partial charge in [-0.3, -0.25) is 0 Å². The zero-order chi connectivity index (χ0) is 6.81. The Morgan fingerprint density at radius 2 is 2.00 bits per heavy atom. The topological polar surface area (TPSA) is 4.93 Å². The second-order valence-corrected chi connectivity index (χ2v) is 2.85. The van der Waals surface area contributed by atoms with Gasteiger partial charge in [0.05, 0.1) is 5.69 Å². The van der Waals surface area contributed by atoms with Crippen LogP contribution in [0.3, 0.4) is 0 Å². The average Bonchev–Trinajstić information content (AvgIpc) is 2.59. The van der Waals surface area contributed by atoms with Gasteiger partial charge in [-0.05, 0) is 23.6 Å². The van der Waals surface area contributed by atoms with Crippen LogP contribution in [0.15, 0.2) is 41.4 Å². The molecule has 0 unspecified atom stereocenters. The molecule has 2 heteroatoms. The molecule has 1 nitrogen and oxygen atoms in total. The van der Waals surface area contributed by atoms with E-state index in [1.54, 1.807) is 11.3 Å². The molecule has 0 atom stereocenters. The molecule has 2 heterocycles. The summed E-state index contributed by atoms with van der Waals surface area (Å²) < 4.78 is 2.09. The highest BCUT2D eigenvalue weighted by Gasteiger charge is 1.90. The number of thiophene rings is 1. The van der Waals surface area contributed by atoms with Crippen molar-refractivity contribution in [2.24, 2.45) is 0 Å². The molecule has 50 valence electrons. The minimum atomic E-state index is 1.25. The van der Waals surface area contributed by atoms with Crippen LogP contribution in [0.25, 0.3) is 5.69 Å². The summed E-state index contributed by atoms with van der Waals surface area (Å²) in [6.45, 7) is 0. The molecular weight excluding hydrogens is 142 g/mol. The van der Waals surface area contributed by atoms with Gasteiger partial charge in [-0.2, -0.15) is 11.3 Å². The minimum absolute atomic E-state index is 1.25. The molecule has 0 bridgehead atoms. The van der Waals surface area contributed by atoms with Crippen LogP contribution in [0.5, 0.6) is 0 Å². The summed E-state index contributed by atoms with van der Waals surface area (Å²) in [5.74, 6) is 0. The van der Waals surface area contributed by atoms with Gasteiger partial charge in [-0.15, -0.1) is 0 Å². The first-order valence-corrected chi connectivity index (χ1v) is 4.06. The Hall–Kier alpha value is -1.02. The molecular formula is C8H7NS. The monoisotopic (exact) mass is 149 g/mol. The van der Waals surface area contributed by atoms with E-state index in [0.717, 1.165) is 0 Å². The minimum Gasteiger partial charge on any atom is -0.323 e. The summed E-state index contributed by atoms with van der Waals surface area (Å²) >= 11 is 1.72. The molecule has 0 saturated heterocycles. The fraction of sp³-hybridized carbons (Fsp3) is 0. The molecule has 0 aromatic carbocycles. The van der Waals surface area contributed by atoms with Crippen LogP contribution >= 0.6 is 11.3 Å². The third-order valence-corrected chi connectivity index (χ3v) is 2.08. The van der Waals surface area contributed by atoms with E-state index in [4.69, 9.17) is 0 Å². The fourth-order valence-electron chi connectivity index (χ4n) is 0.911. The second-order valence-electron chi connectivity index (χ2n) is 2.07. The first-order valence-electron chi connectivity index (χ1n) is 3.12. The molecule has 0 aliphatic rings. The number of nitrogens with zero attached hydrogens (tertiary/aromatic N) is 1. The maximum Gasteiger partial charge on any atom is 0.0556 e. The molecule has 0 saturated carbocycles. The number of hydrogen-bond acceptors (Lipinski definition) is 1. The molecule has 0 amide bonds. The first-order chi connectivity index (χ1) is 4.97. The van der Waals surface area contributed by atoms with Crippen molar-refractivity contribution in [3.8, 4) is 5.69 Å². The molecule has 0 spiro atoms. The Morgan fingerprint density at radius 3 is 2.60 bits per heavy atom. The molecule has 0 aliphatic carbocycles. The Bertz CT molecular complexity index is 249. The molecule has 2 aromatic heterocycles. The van der Waals surface area contributed by atoms with Gasteiger partial charge in [0.25, 0.3) is 0 Å². The smallest absolute Gasteiger partial charge is 0.0556 e. The molecule has 0 N–H and O–H groups in total. The molecule has 2 rings (SSSR count). The molecule has 0 aliphatic heterocycles. The van der Waals surface area contributed by atoms with E-state index in [1.165, 1.54) is 5.69 Å². The summed E-state index contributed by atoms with van der Waals surface area (Å²) in [5.41, 5.74) is 1.25. The quantitative estimate of drug-likeness (QED) is 0.587. The van der Waals surface area contributed by atoms with Crippen molar-refractivity contribution >= 4 is 11.3 Å². The van der Waals surface area contributed by atoms with Crippen LogP contribution in [0, 0.1) is 0 Å². The highest BCUT2D eigenvalue weighted by atomic mass is 32.1. The Morgan fingerprint density at radius 1 is 1.20 bits per heavy atom. The summed E-state index contributed by atoms with van der Waals surface area (Å²) in [4.78, 5) is 0. The van der Waals surface area contributed by atoms with Crippen LogP contribution in [-0.4, -0.2) is 4.57 Å². The average molecular weight is 149 g/mol. The van der Waals surface area contributed by atoms with Crippen LogP contribution in [-0.2, 0) is 0 Å². The highest BCUT2D eigenvalue weighted by molar-refractivity contribution is 7.08. The SMILES string of the molecule is c1ccn(-c2ccsc2)c1. The van der Waals surface area contributed by atoms with E-state index in [1.807, 2.05) is 24.5 Å². The molecule has 0 fully saturated rings. The maximum absolute atomic E-state index is 2.12. The van der Waals surface area contributed by atoms with Crippen LogP contribution < -0.4 is 0 Å². The second kappa shape index (κ2) is 2.31. The van der Waals surface area contributed by atoms with Crippen molar-refractivity contribution in [1.82, 2.24) is 4.57 Å². The standard InChI is InChI=1S/C8H7NS/c1-2-5-9(4-1)8-3-6-10-7-8/h1-7H. The van der Waals surface area contributed by atoms with Crippen molar-refractivity contribution in [2.45, 2.75) is 0 Å². The van der Waals surface area contributed by atoms with Gasteiger partial charge in [-0.1, -0.05) is 0 Å². The van der Waals surface area contributed by atoms with Gasteiger partial charge in [0.2, 0.25) is 0 Å². The zero-order valence-electron chi connectivity index (χ0n) is 5.40. The van der Waals surface area contributed by atoms with E-state index in [2.05, 4.69) is 21.4 Å². The lowest BCUT2D eigenvalue weighted by Crippen LogP contribution is -1.83. The summed E-state index contributed by atoms with van der Waals surface area (Å²) in [5, 5.41) is 4.20. The number of hydrogen-bond donors (Lipinski definition) is 0.